The maximum absolute atomic E-state index is 12.2. The van der Waals surface area contributed by atoms with E-state index in [1.54, 1.807) is 18.2 Å². The predicted octanol–water partition coefficient (Wildman–Crippen LogP) is 6.72. The minimum Gasteiger partial charge on any atom is -0.493 e. The van der Waals surface area contributed by atoms with E-state index in [2.05, 4.69) is 0 Å². The Morgan fingerprint density at radius 2 is 1.22 bits per heavy atom. The molecule has 0 aliphatic carbocycles. The standard InChI is InChI=1S/C32H42O9/c1-24(33)40-32(3,41-25(2)34)31(37)39-22-16-11-9-7-5-4-6-8-10-15-21-38-29-23-27(30(35)36)19-20-28(29)26-17-13-12-14-18-26/h12-14,17-20,23H,4-11,15-16,21-22H2,1-3H3,(H,35,36). The molecule has 0 spiro atoms. The first-order valence-electron chi connectivity index (χ1n) is 14.2. The van der Waals surface area contributed by atoms with Crippen LogP contribution in [0, 0.1) is 0 Å². The van der Waals surface area contributed by atoms with E-state index < -0.39 is 29.7 Å². The third-order valence-electron chi connectivity index (χ3n) is 6.39. The molecule has 1 N–H and O–H groups in total. The van der Waals surface area contributed by atoms with Crippen molar-refractivity contribution in [3.63, 3.8) is 0 Å². The first-order valence-corrected chi connectivity index (χ1v) is 14.2. The number of carboxylic acid groups (broad SMARTS) is 1. The Morgan fingerprint density at radius 3 is 1.73 bits per heavy atom. The van der Waals surface area contributed by atoms with Crippen molar-refractivity contribution < 1.29 is 43.2 Å². The Hall–Kier alpha value is -3.88. The van der Waals surface area contributed by atoms with Crippen molar-refractivity contribution in [1.29, 1.82) is 0 Å². The van der Waals surface area contributed by atoms with E-state index in [0.29, 0.717) is 18.8 Å². The van der Waals surface area contributed by atoms with E-state index in [1.165, 1.54) is 6.92 Å². The fourth-order valence-electron chi connectivity index (χ4n) is 4.38. The number of carbonyl (C=O) groups excluding carboxylic acids is 3. The second-order valence-electron chi connectivity index (χ2n) is 10.0. The molecule has 224 valence electrons. The molecular formula is C32H42O9. The highest BCUT2D eigenvalue weighted by Crippen LogP contribution is 2.31. The molecule has 0 amide bonds. The van der Waals surface area contributed by atoms with E-state index >= 15 is 0 Å². The Bertz CT molecular complexity index is 1110. The molecule has 0 aliphatic heterocycles. The summed E-state index contributed by atoms with van der Waals surface area (Å²) in [7, 11) is 0. The van der Waals surface area contributed by atoms with Crippen molar-refractivity contribution >= 4 is 23.9 Å². The van der Waals surface area contributed by atoms with Crippen molar-refractivity contribution in [2.24, 2.45) is 0 Å². The van der Waals surface area contributed by atoms with Gasteiger partial charge in [0.05, 0.1) is 18.8 Å². The lowest BCUT2D eigenvalue weighted by Crippen LogP contribution is -2.45. The minimum atomic E-state index is -2.07. The molecule has 9 heteroatoms. The summed E-state index contributed by atoms with van der Waals surface area (Å²) >= 11 is 0. The van der Waals surface area contributed by atoms with Crippen LogP contribution in [0.1, 0.15) is 95.3 Å². The van der Waals surface area contributed by atoms with Gasteiger partial charge in [-0.3, -0.25) is 9.59 Å². The van der Waals surface area contributed by atoms with Crippen LogP contribution in [-0.4, -0.2) is 48.0 Å². The Morgan fingerprint density at radius 1 is 0.707 bits per heavy atom. The number of carbonyl (C=O) groups is 4. The van der Waals surface area contributed by atoms with Crippen molar-refractivity contribution in [2.45, 2.75) is 90.8 Å². The van der Waals surface area contributed by atoms with Gasteiger partial charge in [-0.05, 0) is 36.6 Å². The third kappa shape index (κ3) is 12.4. The molecule has 2 aromatic carbocycles. The van der Waals surface area contributed by atoms with Crippen LogP contribution in [0.25, 0.3) is 11.1 Å². The van der Waals surface area contributed by atoms with E-state index in [4.69, 9.17) is 18.9 Å². The molecule has 0 unspecified atom stereocenters. The van der Waals surface area contributed by atoms with E-state index in [-0.39, 0.29) is 12.2 Å². The number of esters is 3. The zero-order chi connectivity index (χ0) is 30.1. The first-order chi connectivity index (χ1) is 19.6. The van der Waals surface area contributed by atoms with Gasteiger partial charge in [-0.15, -0.1) is 0 Å². The van der Waals surface area contributed by atoms with Crippen molar-refractivity contribution in [3.8, 4) is 16.9 Å². The van der Waals surface area contributed by atoms with Gasteiger partial charge in [-0.2, -0.15) is 0 Å². The summed E-state index contributed by atoms with van der Waals surface area (Å²) < 4.78 is 20.8. The normalized spacial score (nSPS) is 11.0. The zero-order valence-corrected chi connectivity index (χ0v) is 24.3. The molecule has 0 bridgehead atoms. The van der Waals surface area contributed by atoms with Gasteiger partial charge < -0.3 is 24.1 Å². The molecule has 0 aliphatic rings. The predicted molar refractivity (Wildman–Crippen MR) is 153 cm³/mol. The minimum absolute atomic E-state index is 0.159. The summed E-state index contributed by atoms with van der Waals surface area (Å²) in [6.45, 7) is 4.13. The summed E-state index contributed by atoms with van der Waals surface area (Å²) in [4.78, 5) is 46.1. The largest absolute Gasteiger partial charge is 0.493 e. The third-order valence-corrected chi connectivity index (χ3v) is 6.39. The molecule has 0 fully saturated rings. The van der Waals surface area contributed by atoms with Crippen LogP contribution in [-0.2, 0) is 28.6 Å². The lowest BCUT2D eigenvalue weighted by molar-refractivity contribution is -0.232. The van der Waals surface area contributed by atoms with E-state index in [1.807, 2.05) is 30.3 Å². The number of benzene rings is 2. The SMILES string of the molecule is CC(=O)OC(C)(OC(C)=O)C(=O)OCCCCCCCCCCCCOc1cc(C(=O)O)ccc1-c1ccccc1. The Kier molecular flexibility index (Phi) is 14.4. The fraction of sp³-hybridized carbons (Fsp3) is 0.500. The van der Waals surface area contributed by atoms with Crippen LogP contribution in [0.4, 0.5) is 0 Å². The Balaban J connectivity index is 1.55. The number of hydrogen-bond donors (Lipinski definition) is 1. The van der Waals surface area contributed by atoms with E-state index in [9.17, 15) is 24.3 Å². The van der Waals surface area contributed by atoms with Crippen LogP contribution >= 0.6 is 0 Å². The molecule has 0 aromatic heterocycles. The van der Waals surface area contributed by atoms with Crippen molar-refractivity contribution in [1.82, 2.24) is 0 Å². The van der Waals surface area contributed by atoms with Gasteiger partial charge in [-0.1, -0.05) is 81.7 Å². The molecule has 0 atom stereocenters. The maximum atomic E-state index is 12.2. The van der Waals surface area contributed by atoms with Crippen LogP contribution in [0.2, 0.25) is 0 Å². The number of unbranched alkanes of at least 4 members (excludes halogenated alkanes) is 9. The molecule has 41 heavy (non-hydrogen) atoms. The summed E-state index contributed by atoms with van der Waals surface area (Å²) in [5, 5.41) is 9.35. The zero-order valence-electron chi connectivity index (χ0n) is 24.3. The van der Waals surface area contributed by atoms with Gasteiger partial charge in [0.25, 0.3) is 0 Å². The van der Waals surface area contributed by atoms with Gasteiger partial charge in [0.15, 0.2) is 0 Å². The lowest BCUT2D eigenvalue weighted by Gasteiger charge is -2.25. The van der Waals surface area contributed by atoms with Gasteiger partial charge >= 0.3 is 29.7 Å². The molecule has 0 heterocycles. The van der Waals surface area contributed by atoms with Crippen LogP contribution in [0.3, 0.4) is 0 Å². The highest BCUT2D eigenvalue weighted by atomic mass is 16.8. The molecule has 0 saturated heterocycles. The van der Waals surface area contributed by atoms with Crippen molar-refractivity contribution in [2.75, 3.05) is 13.2 Å². The fourth-order valence-corrected chi connectivity index (χ4v) is 4.38. The molecular weight excluding hydrogens is 528 g/mol. The molecule has 0 radical (unpaired) electrons. The average Bonchev–Trinajstić information content (AvgIpc) is 2.92. The van der Waals surface area contributed by atoms with Crippen LogP contribution in [0.5, 0.6) is 5.75 Å². The molecule has 9 nitrogen and oxygen atoms in total. The van der Waals surface area contributed by atoms with Gasteiger partial charge in [0.2, 0.25) is 0 Å². The summed E-state index contributed by atoms with van der Waals surface area (Å²) in [6, 6.07) is 14.8. The summed E-state index contributed by atoms with van der Waals surface area (Å²) in [5.41, 5.74) is 2.08. The lowest BCUT2D eigenvalue weighted by atomic mass is 10.0. The molecule has 2 rings (SSSR count). The summed E-state index contributed by atoms with van der Waals surface area (Å²) in [5.74, 6) is -4.86. The number of hydrogen-bond acceptors (Lipinski definition) is 8. The van der Waals surface area contributed by atoms with E-state index in [0.717, 1.165) is 82.8 Å². The summed E-state index contributed by atoms with van der Waals surface area (Å²) in [6.07, 6.45) is 10.2. The van der Waals surface area contributed by atoms with Crippen molar-refractivity contribution in [3.05, 3.63) is 54.1 Å². The van der Waals surface area contributed by atoms with Gasteiger partial charge in [-0.25, -0.2) is 9.59 Å². The second kappa shape index (κ2) is 17.7. The quantitative estimate of drug-likeness (QED) is 0.111. The smallest absolute Gasteiger partial charge is 0.392 e. The van der Waals surface area contributed by atoms with Gasteiger partial charge in [0, 0.05) is 26.3 Å². The number of rotatable bonds is 19. The number of ether oxygens (including phenoxy) is 4. The van der Waals surface area contributed by atoms with Gasteiger partial charge in [0.1, 0.15) is 5.75 Å². The van der Waals surface area contributed by atoms with Crippen LogP contribution < -0.4 is 4.74 Å². The molecule has 0 saturated carbocycles. The Labute approximate surface area is 242 Å². The second-order valence-corrected chi connectivity index (χ2v) is 10.0. The molecule has 2 aromatic rings. The number of carboxylic acids is 1. The number of aromatic carboxylic acids is 1. The first kappa shape index (κ1) is 33.3. The van der Waals surface area contributed by atoms with Crippen LogP contribution in [0.15, 0.2) is 48.5 Å². The average molecular weight is 571 g/mol. The monoisotopic (exact) mass is 570 g/mol. The topological polar surface area (TPSA) is 125 Å². The maximum Gasteiger partial charge on any atom is 0.392 e. The highest BCUT2D eigenvalue weighted by Gasteiger charge is 2.42. The highest BCUT2D eigenvalue weighted by molar-refractivity contribution is 5.89.